The first-order valence-electron chi connectivity index (χ1n) is 18.2. The van der Waals surface area contributed by atoms with Crippen LogP contribution in [-0.4, -0.2) is 82.2 Å². The molecular formula is C39H53N9O6. The van der Waals surface area contributed by atoms with Crippen LogP contribution in [0.25, 0.3) is 22.3 Å². The summed E-state index contributed by atoms with van der Waals surface area (Å²) >= 11 is 0. The molecule has 0 saturated carbocycles. The molecule has 54 heavy (non-hydrogen) atoms. The van der Waals surface area contributed by atoms with Crippen LogP contribution in [0.2, 0.25) is 0 Å². The second kappa shape index (κ2) is 19.3. The molecule has 2 aromatic heterocycles. The first kappa shape index (κ1) is 40.9. The number of aliphatic imine (C=N–C) groups is 1. The molecule has 15 heteroatoms. The minimum atomic E-state index is -1.18. The molecule has 9 N–H and O–H groups in total. The summed E-state index contributed by atoms with van der Waals surface area (Å²) in [5.74, 6) is -1.44. The summed E-state index contributed by atoms with van der Waals surface area (Å²) in [5, 5.41) is 9.11. The molecule has 290 valence electrons. The first-order valence-corrected chi connectivity index (χ1v) is 18.2. The van der Waals surface area contributed by atoms with Crippen molar-refractivity contribution in [1.29, 1.82) is 0 Å². The van der Waals surface area contributed by atoms with Gasteiger partial charge in [0.15, 0.2) is 5.96 Å². The minimum absolute atomic E-state index is 0.00363. The number of ether oxygens (including phenoxy) is 2. The Balaban J connectivity index is 1.60. The van der Waals surface area contributed by atoms with E-state index in [0.29, 0.717) is 17.9 Å². The number of nitrogens with one attached hydrogen (secondary N) is 5. The summed E-state index contributed by atoms with van der Waals surface area (Å²) < 4.78 is 10.4. The summed E-state index contributed by atoms with van der Waals surface area (Å²) in [5.41, 5.74) is 14.3. The van der Waals surface area contributed by atoms with Gasteiger partial charge in [-0.1, -0.05) is 55.8 Å². The minimum Gasteiger partial charge on any atom is -0.467 e. The SMILES string of the molecule is CCCCc1ccc(-c2ncc(C[C@H](NC(=O)OC(C)(C)C)C(=O)N[C@@H](Cc3c[nH]c4ccccc34)C(=O)N[C@@H](CCCN=C(N)N)C(=O)OC)[nH]2)cc1. The third-order valence-corrected chi connectivity index (χ3v) is 8.59. The Bertz CT molecular complexity index is 1890. The van der Waals surface area contributed by atoms with Crippen LogP contribution in [-0.2, 0) is 43.1 Å². The smallest absolute Gasteiger partial charge is 0.408 e. The van der Waals surface area contributed by atoms with Crippen molar-refractivity contribution >= 4 is 40.7 Å². The average Bonchev–Trinajstić information content (AvgIpc) is 3.77. The highest BCUT2D eigenvalue weighted by molar-refractivity contribution is 5.94. The lowest BCUT2D eigenvalue weighted by Gasteiger charge is -2.26. The predicted octanol–water partition coefficient (Wildman–Crippen LogP) is 3.78. The number of nitrogens with zero attached hydrogens (tertiary/aromatic N) is 2. The standard InChI is InChI=1S/C39H53N9O6/c1-6-7-11-24-15-17-25(18-16-24)33-44-23-27(45-33)21-32(48-38(52)54-39(2,3)4)35(50)47-31(20-26-22-43-29-13-9-8-12-28(26)29)34(49)46-30(36(51)53-5)14-10-19-42-37(40)41/h8-9,12-13,15-18,22-23,30-32,43H,6-7,10-11,14,19-21H2,1-5H3,(H,44,45)(H,46,49)(H,47,50)(H,48,52)(H4,40,41,42)/t30-,31-,32-/m0/s1. The molecule has 3 atom stereocenters. The van der Waals surface area contributed by atoms with Gasteiger partial charge in [-0.15, -0.1) is 0 Å². The van der Waals surface area contributed by atoms with Gasteiger partial charge in [0.25, 0.3) is 0 Å². The number of benzene rings is 2. The molecule has 0 aliphatic rings. The number of methoxy groups -OCH3 is 1. The normalized spacial score (nSPS) is 13.0. The quantitative estimate of drug-likeness (QED) is 0.0340. The molecule has 2 heterocycles. The van der Waals surface area contributed by atoms with Crippen molar-refractivity contribution in [3.63, 3.8) is 0 Å². The maximum atomic E-state index is 14.2. The number of para-hydroxylation sites is 1. The second-order valence-electron chi connectivity index (χ2n) is 14.1. The maximum Gasteiger partial charge on any atom is 0.408 e. The van der Waals surface area contributed by atoms with E-state index in [9.17, 15) is 19.2 Å². The largest absolute Gasteiger partial charge is 0.467 e. The van der Waals surface area contributed by atoms with Gasteiger partial charge >= 0.3 is 12.1 Å². The molecule has 0 unspecified atom stereocenters. The Labute approximate surface area is 315 Å². The zero-order valence-corrected chi connectivity index (χ0v) is 31.7. The molecule has 0 saturated heterocycles. The highest BCUT2D eigenvalue weighted by Crippen LogP contribution is 2.21. The summed E-state index contributed by atoms with van der Waals surface area (Å²) in [6.07, 6.45) is 6.39. The summed E-state index contributed by atoms with van der Waals surface area (Å²) in [4.78, 5) is 68.9. The van der Waals surface area contributed by atoms with Crippen LogP contribution in [0.4, 0.5) is 4.79 Å². The number of carbonyl (C=O) groups excluding carboxylic acids is 4. The molecule has 0 aliphatic carbocycles. The molecular weight excluding hydrogens is 690 g/mol. The van der Waals surface area contributed by atoms with Gasteiger partial charge in [0, 0.05) is 53.9 Å². The fraction of sp³-hybridized carbons (Fsp3) is 0.436. The molecule has 0 spiro atoms. The summed E-state index contributed by atoms with van der Waals surface area (Å²) in [6, 6.07) is 12.3. The van der Waals surface area contributed by atoms with Crippen molar-refractivity contribution < 1.29 is 28.7 Å². The van der Waals surface area contributed by atoms with Crippen LogP contribution in [0.15, 0.2) is 65.9 Å². The number of hydrogen-bond donors (Lipinski definition) is 7. The number of nitrogens with two attached hydrogens (primary N) is 2. The molecule has 0 aliphatic heterocycles. The molecule has 0 fully saturated rings. The maximum absolute atomic E-state index is 14.2. The molecule has 3 amide bonds. The number of H-pyrrole nitrogens is 2. The van der Waals surface area contributed by atoms with Crippen LogP contribution in [0, 0.1) is 0 Å². The first-order chi connectivity index (χ1) is 25.8. The number of amides is 3. The Morgan fingerprint density at radius 3 is 2.26 bits per heavy atom. The number of hydrogen-bond acceptors (Lipinski definition) is 8. The number of aryl methyl sites for hydroxylation is 1. The number of esters is 1. The van der Waals surface area contributed by atoms with Crippen molar-refractivity contribution in [1.82, 2.24) is 30.9 Å². The molecule has 0 bridgehead atoms. The number of guanidine groups is 1. The zero-order valence-electron chi connectivity index (χ0n) is 31.7. The molecule has 0 radical (unpaired) electrons. The van der Waals surface area contributed by atoms with E-state index < -0.39 is 47.6 Å². The Kier molecular flexibility index (Phi) is 14.6. The van der Waals surface area contributed by atoms with Crippen LogP contribution >= 0.6 is 0 Å². The van der Waals surface area contributed by atoms with Crippen LogP contribution < -0.4 is 27.4 Å². The van der Waals surface area contributed by atoms with Gasteiger partial charge in [-0.3, -0.25) is 14.6 Å². The highest BCUT2D eigenvalue weighted by atomic mass is 16.6. The van der Waals surface area contributed by atoms with Crippen LogP contribution in [0.5, 0.6) is 0 Å². The van der Waals surface area contributed by atoms with E-state index in [1.54, 1.807) is 33.2 Å². The Morgan fingerprint density at radius 2 is 1.59 bits per heavy atom. The number of unbranched alkanes of at least 4 members (excludes halogenated alkanes) is 1. The predicted molar refractivity (Wildman–Crippen MR) is 207 cm³/mol. The van der Waals surface area contributed by atoms with Crippen LogP contribution in [0.1, 0.15) is 70.2 Å². The van der Waals surface area contributed by atoms with Gasteiger partial charge in [-0.25, -0.2) is 14.6 Å². The topological polar surface area (TPSA) is 232 Å². The molecule has 15 nitrogen and oxygen atoms in total. The average molecular weight is 744 g/mol. The second-order valence-corrected chi connectivity index (χ2v) is 14.1. The number of fused-ring (bicyclic) bond motifs is 1. The third kappa shape index (κ3) is 12.4. The number of alkyl carbamates (subject to hydrolysis) is 1. The van der Waals surface area contributed by atoms with E-state index >= 15 is 0 Å². The van der Waals surface area contributed by atoms with Crippen molar-refractivity contribution in [3.8, 4) is 11.4 Å². The van der Waals surface area contributed by atoms with Gasteiger partial charge in [0.1, 0.15) is 29.6 Å². The van der Waals surface area contributed by atoms with Gasteiger partial charge in [-0.05, 0) is 63.6 Å². The Hall–Kier alpha value is -5.86. The number of rotatable bonds is 18. The number of carbonyl (C=O) groups is 4. The molecule has 2 aromatic carbocycles. The monoisotopic (exact) mass is 743 g/mol. The van der Waals surface area contributed by atoms with E-state index in [1.807, 2.05) is 36.4 Å². The Morgan fingerprint density at radius 1 is 0.907 bits per heavy atom. The van der Waals surface area contributed by atoms with E-state index in [0.717, 1.165) is 41.3 Å². The van der Waals surface area contributed by atoms with E-state index in [4.69, 9.17) is 20.9 Å². The lowest BCUT2D eigenvalue weighted by atomic mass is 10.0. The number of aromatic nitrogens is 3. The molecule has 4 aromatic rings. The fourth-order valence-corrected chi connectivity index (χ4v) is 5.87. The van der Waals surface area contributed by atoms with E-state index in [-0.39, 0.29) is 31.8 Å². The van der Waals surface area contributed by atoms with Crippen LogP contribution in [0.3, 0.4) is 0 Å². The van der Waals surface area contributed by atoms with Crippen molar-refractivity contribution in [3.05, 3.63) is 77.7 Å². The number of aromatic amines is 2. The fourth-order valence-electron chi connectivity index (χ4n) is 5.87. The summed E-state index contributed by atoms with van der Waals surface area (Å²) in [6.45, 7) is 7.54. The van der Waals surface area contributed by atoms with Gasteiger partial charge in [0.05, 0.1) is 7.11 Å². The summed E-state index contributed by atoms with van der Waals surface area (Å²) in [7, 11) is 1.22. The van der Waals surface area contributed by atoms with Gasteiger partial charge in [0.2, 0.25) is 11.8 Å². The van der Waals surface area contributed by atoms with E-state index in [2.05, 4.69) is 55.0 Å². The van der Waals surface area contributed by atoms with Crippen molar-refractivity contribution in [2.24, 2.45) is 16.5 Å². The van der Waals surface area contributed by atoms with Crippen molar-refractivity contribution in [2.75, 3.05) is 13.7 Å². The van der Waals surface area contributed by atoms with Gasteiger partial charge in [-0.2, -0.15) is 0 Å². The molecule has 4 rings (SSSR count). The lowest BCUT2D eigenvalue weighted by molar-refractivity contribution is -0.145. The zero-order chi connectivity index (χ0) is 39.3. The lowest BCUT2D eigenvalue weighted by Crippen LogP contribution is -2.57. The third-order valence-electron chi connectivity index (χ3n) is 8.59. The highest BCUT2D eigenvalue weighted by Gasteiger charge is 2.32. The van der Waals surface area contributed by atoms with E-state index in [1.165, 1.54) is 12.7 Å². The van der Waals surface area contributed by atoms with Crippen molar-refractivity contribution in [2.45, 2.75) is 96.4 Å². The van der Waals surface area contributed by atoms with Gasteiger partial charge < -0.3 is 46.9 Å². The number of imidazole rings is 1.